The Labute approximate surface area is 116 Å². The Morgan fingerprint density at radius 1 is 1.26 bits per heavy atom. The Balaban J connectivity index is 1.77. The number of rotatable bonds is 9. The summed E-state index contributed by atoms with van der Waals surface area (Å²) in [6, 6.07) is 8.52. The second-order valence-corrected chi connectivity index (χ2v) is 5.15. The van der Waals surface area contributed by atoms with Crippen LogP contribution in [0.4, 0.5) is 0 Å². The molecule has 1 N–H and O–H groups in total. The highest BCUT2D eigenvalue weighted by atomic mass is 16.5. The summed E-state index contributed by atoms with van der Waals surface area (Å²) in [5.74, 6) is 1.87. The third kappa shape index (κ3) is 4.84. The number of ether oxygens (including phenoxy) is 2. The minimum Gasteiger partial charge on any atom is -0.494 e. The van der Waals surface area contributed by atoms with Crippen molar-refractivity contribution < 1.29 is 9.47 Å². The molecule has 0 radical (unpaired) electrons. The number of likely N-dealkylation sites (N-methyl/N-ethyl adjacent to an activating group) is 1. The monoisotopic (exact) mass is 263 g/mol. The molecule has 2 rings (SSSR count). The van der Waals surface area contributed by atoms with E-state index in [0.717, 1.165) is 24.9 Å². The van der Waals surface area contributed by atoms with Crippen molar-refractivity contribution in [2.24, 2.45) is 5.92 Å². The van der Waals surface area contributed by atoms with Crippen LogP contribution >= 0.6 is 0 Å². The zero-order valence-electron chi connectivity index (χ0n) is 12.0. The summed E-state index contributed by atoms with van der Waals surface area (Å²) in [6.45, 7) is 4.33. The molecule has 1 fully saturated rings. The average Bonchev–Trinajstić information content (AvgIpc) is 3.25. The van der Waals surface area contributed by atoms with Gasteiger partial charge in [-0.2, -0.15) is 0 Å². The molecule has 1 aliphatic rings. The van der Waals surface area contributed by atoms with Crippen molar-refractivity contribution in [2.45, 2.75) is 32.2 Å². The molecule has 1 unspecified atom stereocenters. The normalized spacial score (nSPS) is 16.3. The van der Waals surface area contributed by atoms with Gasteiger partial charge in [0.15, 0.2) is 0 Å². The van der Waals surface area contributed by atoms with Crippen LogP contribution in [-0.2, 0) is 4.74 Å². The van der Waals surface area contributed by atoms with E-state index in [-0.39, 0.29) is 6.04 Å². The zero-order chi connectivity index (χ0) is 13.5. The first-order chi connectivity index (χ1) is 9.33. The van der Waals surface area contributed by atoms with E-state index < -0.39 is 0 Å². The summed E-state index contributed by atoms with van der Waals surface area (Å²) in [7, 11) is 1.98. The SMILES string of the molecule is CCOc1ccc(C(COCCC2CC2)NC)cc1. The molecule has 3 heteroatoms. The maximum Gasteiger partial charge on any atom is 0.119 e. The minimum atomic E-state index is 0.259. The maximum absolute atomic E-state index is 5.78. The van der Waals surface area contributed by atoms with Crippen molar-refractivity contribution in [1.29, 1.82) is 0 Å². The lowest BCUT2D eigenvalue weighted by atomic mass is 10.1. The highest BCUT2D eigenvalue weighted by Gasteiger charge is 2.20. The smallest absolute Gasteiger partial charge is 0.119 e. The van der Waals surface area contributed by atoms with E-state index in [9.17, 15) is 0 Å². The summed E-state index contributed by atoms with van der Waals surface area (Å²) < 4.78 is 11.2. The first kappa shape index (κ1) is 14.4. The molecule has 0 saturated heterocycles. The molecule has 0 aromatic heterocycles. The van der Waals surface area contributed by atoms with Crippen LogP contribution in [0.3, 0.4) is 0 Å². The fourth-order valence-electron chi connectivity index (χ4n) is 2.17. The van der Waals surface area contributed by atoms with E-state index in [1.165, 1.54) is 24.8 Å². The van der Waals surface area contributed by atoms with Gasteiger partial charge in [0.25, 0.3) is 0 Å². The van der Waals surface area contributed by atoms with Crippen molar-refractivity contribution in [3.8, 4) is 5.75 Å². The predicted molar refractivity (Wildman–Crippen MR) is 77.6 cm³/mol. The summed E-state index contributed by atoms with van der Waals surface area (Å²) in [5.41, 5.74) is 1.25. The van der Waals surface area contributed by atoms with Crippen LogP contribution in [0.15, 0.2) is 24.3 Å². The van der Waals surface area contributed by atoms with Crippen LogP contribution < -0.4 is 10.1 Å². The van der Waals surface area contributed by atoms with Crippen molar-refractivity contribution in [2.75, 3.05) is 26.9 Å². The van der Waals surface area contributed by atoms with Crippen LogP contribution in [-0.4, -0.2) is 26.9 Å². The first-order valence-corrected chi connectivity index (χ1v) is 7.31. The molecule has 1 atom stereocenters. The van der Waals surface area contributed by atoms with E-state index in [2.05, 4.69) is 17.4 Å². The van der Waals surface area contributed by atoms with Gasteiger partial charge in [-0.1, -0.05) is 25.0 Å². The van der Waals surface area contributed by atoms with Crippen LogP contribution in [0.2, 0.25) is 0 Å². The molecule has 0 heterocycles. The third-order valence-electron chi connectivity index (χ3n) is 3.59. The van der Waals surface area contributed by atoms with Gasteiger partial charge in [0.2, 0.25) is 0 Å². The zero-order valence-corrected chi connectivity index (χ0v) is 12.0. The van der Waals surface area contributed by atoms with Crippen LogP contribution in [0.1, 0.15) is 37.8 Å². The maximum atomic E-state index is 5.78. The number of nitrogens with one attached hydrogen (secondary N) is 1. The lowest BCUT2D eigenvalue weighted by molar-refractivity contribution is 0.108. The molecule has 3 nitrogen and oxygen atoms in total. The van der Waals surface area contributed by atoms with Crippen molar-refractivity contribution in [1.82, 2.24) is 5.32 Å². The summed E-state index contributed by atoms with van der Waals surface area (Å²) in [6.07, 6.45) is 4.02. The van der Waals surface area contributed by atoms with Gasteiger partial charge < -0.3 is 14.8 Å². The van der Waals surface area contributed by atoms with Crippen LogP contribution in [0.25, 0.3) is 0 Å². The molecule has 0 bridgehead atoms. The molecule has 19 heavy (non-hydrogen) atoms. The molecular formula is C16H25NO2. The topological polar surface area (TPSA) is 30.5 Å². The fraction of sp³-hybridized carbons (Fsp3) is 0.625. The third-order valence-corrected chi connectivity index (χ3v) is 3.59. The van der Waals surface area contributed by atoms with E-state index >= 15 is 0 Å². The van der Waals surface area contributed by atoms with E-state index in [0.29, 0.717) is 6.61 Å². The molecule has 0 amide bonds. The average molecular weight is 263 g/mol. The number of hydrogen-bond acceptors (Lipinski definition) is 3. The Hall–Kier alpha value is -1.06. The van der Waals surface area contributed by atoms with Gasteiger partial charge in [0, 0.05) is 6.61 Å². The lowest BCUT2D eigenvalue weighted by Crippen LogP contribution is -2.22. The van der Waals surface area contributed by atoms with Crippen molar-refractivity contribution in [3.05, 3.63) is 29.8 Å². The highest BCUT2D eigenvalue weighted by Crippen LogP contribution is 2.32. The predicted octanol–water partition coefficient (Wildman–Crippen LogP) is 3.16. The second kappa shape index (κ2) is 7.51. The second-order valence-electron chi connectivity index (χ2n) is 5.15. The molecular weight excluding hydrogens is 238 g/mol. The van der Waals surface area contributed by atoms with E-state index in [4.69, 9.17) is 9.47 Å². The Morgan fingerprint density at radius 3 is 2.58 bits per heavy atom. The molecule has 1 aromatic rings. The lowest BCUT2D eigenvalue weighted by Gasteiger charge is -2.17. The minimum absolute atomic E-state index is 0.259. The van der Waals surface area contributed by atoms with Gasteiger partial charge in [0.05, 0.1) is 19.3 Å². The van der Waals surface area contributed by atoms with Gasteiger partial charge in [-0.25, -0.2) is 0 Å². The van der Waals surface area contributed by atoms with E-state index in [1.807, 2.05) is 26.1 Å². The van der Waals surface area contributed by atoms with E-state index in [1.54, 1.807) is 0 Å². The van der Waals surface area contributed by atoms with Gasteiger partial charge >= 0.3 is 0 Å². The molecule has 1 aromatic carbocycles. The highest BCUT2D eigenvalue weighted by molar-refractivity contribution is 5.29. The molecule has 1 aliphatic carbocycles. The fourth-order valence-corrected chi connectivity index (χ4v) is 2.17. The molecule has 1 saturated carbocycles. The van der Waals surface area contributed by atoms with Gasteiger partial charge in [0.1, 0.15) is 5.75 Å². The summed E-state index contributed by atoms with van der Waals surface area (Å²) >= 11 is 0. The summed E-state index contributed by atoms with van der Waals surface area (Å²) in [5, 5.41) is 3.31. The molecule has 106 valence electrons. The van der Waals surface area contributed by atoms with Crippen LogP contribution in [0, 0.1) is 5.92 Å². The van der Waals surface area contributed by atoms with Gasteiger partial charge in [-0.05, 0) is 44.0 Å². The van der Waals surface area contributed by atoms with Crippen LogP contribution in [0.5, 0.6) is 5.75 Å². The number of benzene rings is 1. The number of hydrogen-bond donors (Lipinski definition) is 1. The summed E-state index contributed by atoms with van der Waals surface area (Å²) in [4.78, 5) is 0. The first-order valence-electron chi connectivity index (χ1n) is 7.31. The standard InChI is InChI=1S/C16H25NO2/c1-3-19-15-8-6-14(7-9-15)16(17-2)12-18-11-10-13-4-5-13/h6-9,13,16-17H,3-5,10-12H2,1-2H3. The quantitative estimate of drug-likeness (QED) is 0.694. The largest absolute Gasteiger partial charge is 0.494 e. The van der Waals surface area contributed by atoms with Crippen molar-refractivity contribution >= 4 is 0 Å². The van der Waals surface area contributed by atoms with Gasteiger partial charge in [-0.3, -0.25) is 0 Å². The van der Waals surface area contributed by atoms with Gasteiger partial charge in [-0.15, -0.1) is 0 Å². The van der Waals surface area contributed by atoms with Crippen molar-refractivity contribution in [3.63, 3.8) is 0 Å². The Bertz CT molecular complexity index is 360. The molecule has 0 spiro atoms. The Kier molecular flexibility index (Phi) is 5.67. The molecule has 0 aliphatic heterocycles. The Morgan fingerprint density at radius 2 is 2.00 bits per heavy atom.